The van der Waals surface area contributed by atoms with Gasteiger partial charge >= 0.3 is 0 Å². The molecule has 4 heteroatoms. The molecule has 22 heavy (non-hydrogen) atoms. The Kier molecular flexibility index (Phi) is 4.03. The van der Waals surface area contributed by atoms with Gasteiger partial charge < -0.3 is 14.5 Å². The molecule has 0 spiro atoms. The molecule has 3 rings (SSSR count). The largest absolute Gasteiger partial charge is 0.487 e. The highest BCUT2D eigenvalue weighted by Crippen LogP contribution is 2.33. The second kappa shape index (κ2) is 5.97. The van der Waals surface area contributed by atoms with Gasteiger partial charge in [0, 0.05) is 19.0 Å². The second-order valence-electron chi connectivity index (χ2n) is 6.18. The Morgan fingerprint density at radius 1 is 1.23 bits per heavy atom. The Bertz CT molecular complexity index is 697. The highest BCUT2D eigenvalue weighted by molar-refractivity contribution is 6.04. The van der Waals surface area contributed by atoms with Crippen LogP contribution in [0.2, 0.25) is 0 Å². The molecule has 4 nitrogen and oxygen atoms in total. The molecule has 1 atom stereocenters. The average Bonchev–Trinajstić information content (AvgIpc) is 2.63. The van der Waals surface area contributed by atoms with Crippen molar-refractivity contribution in [2.45, 2.75) is 12.5 Å². The van der Waals surface area contributed by atoms with Crippen LogP contribution >= 0.6 is 0 Å². The first-order chi connectivity index (χ1) is 10.6. The summed E-state index contributed by atoms with van der Waals surface area (Å²) in [7, 11) is 5.95. The van der Waals surface area contributed by atoms with Gasteiger partial charge in [0.05, 0.1) is 12.1 Å². The van der Waals surface area contributed by atoms with E-state index in [1.54, 1.807) is 4.90 Å². The fourth-order valence-electron chi connectivity index (χ4n) is 2.89. The normalized spacial score (nSPS) is 18.3. The van der Waals surface area contributed by atoms with Crippen LogP contribution in [-0.4, -0.2) is 56.0 Å². The molecule has 116 valence electrons. The van der Waals surface area contributed by atoms with Crippen molar-refractivity contribution in [3.8, 4) is 5.75 Å². The lowest BCUT2D eigenvalue weighted by molar-refractivity contribution is 0.0751. The molecular weight excluding hydrogens is 276 g/mol. The molecule has 0 saturated carbocycles. The fraction of sp³-hybridized carbons (Fsp3) is 0.389. The summed E-state index contributed by atoms with van der Waals surface area (Å²) < 4.78 is 6.27. The first kappa shape index (κ1) is 14.9. The summed E-state index contributed by atoms with van der Waals surface area (Å²) in [6.07, 6.45) is 0.913. The fourth-order valence-corrected chi connectivity index (χ4v) is 2.89. The lowest BCUT2D eigenvalue weighted by Crippen LogP contribution is -2.35. The van der Waals surface area contributed by atoms with Crippen LogP contribution in [0.4, 0.5) is 0 Å². The molecule has 0 bridgehead atoms. The summed E-state index contributed by atoms with van der Waals surface area (Å²) in [5.41, 5.74) is 0.661. The van der Waals surface area contributed by atoms with Crippen molar-refractivity contribution < 1.29 is 9.53 Å². The molecule has 1 amide bonds. The van der Waals surface area contributed by atoms with Gasteiger partial charge in [-0.2, -0.15) is 0 Å². The minimum atomic E-state index is 0.0170. The number of nitrogens with zero attached hydrogens (tertiary/aromatic N) is 2. The minimum Gasteiger partial charge on any atom is -0.487 e. The summed E-state index contributed by atoms with van der Waals surface area (Å²) in [5, 5.41) is 2.11. The van der Waals surface area contributed by atoms with Gasteiger partial charge in [-0.15, -0.1) is 0 Å². The molecule has 1 unspecified atom stereocenters. The number of carbonyl (C=O) groups excluding carboxylic acids is 1. The standard InChI is InChI=1S/C18H22N2O2/c1-19(2)11-10-14-12-20(3)18(21)16-9-8-13-6-4-5-7-15(13)17(16)22-14/h4-9,14H,10-12H2,1-3H3. The van der Waals surface area contributed by atoms with Crippen LogP contribution in [0.3, 0.4) is 0 Å². The quantitative estimate of drug-likeness (QED) is 0.873. The molecule has 0 fully saturated rings. The Morgan fingerprint density at radius 3 is 2.77 bits per heavy atom. The van der Waals surface area contributed by atoms with Crippen molar-refractivity contribution in [2.24, 2.45) is 0 Å². The number of likely N-dealkylation sites (N-methyl/N-ethyl adjacent to an activating group) is 1. The monoisotopic (exact) mass is 298 g/mol. The molecular formula is C18H22N2O2. The first-order valence-electron chi connectivity index (χ1n) is 7.65. The molecule has 1 aliphatic heterocycles. The van der Waals surface area contributed by atoms with E-state index in [-0.39, 0.29) is 12.0 Å². The predicted molar refractivity (Wildman–Crippen MR) is 88.5 cm³/mol. The van der Waals surface area contributed by atoms with E-state index in [0.29, 0.717) is 12.1 Å². The lowest BCUT2D eigenvalue weighted by Gasteiger charge is -2.22. The third kappa shape index (κ3) is 2.79. The Balaban J connectivity index is 2.03. The highest BCUT2D eigenvalue weighted by Gasteiger charge is 2.27. The molecule has 1 heterocycles. The SMILES string of the molecule is CN(C)CCC1CN(C)C(=O)c2ccc3ccccc3c2O1. The lowest BCUT2D eigenvalue weighted by atomic mass is 10.0. The smallest absolute Gasteiger partial charge is 0.257 e. The molecule has 2 aromatic rings. The van der Waals surface area contributed by atoms with Crippen LogP contribution in [0.25, 0.3) is 10.8 Å². The zero-order valence-corrected chi connectivity index (χ0v) is 13.4. The van der Waals surface area contributed by atoms with Crippen LogP contribution in [-0.2, 0) is 0 Å². The maximum atomic E-state index is 12.6. The van der Waals surface area contributed by atoms with Crippen LogP contribution in [0.1, 0.15) is 16.8 Å². The summed E-state index contributed by atoms with van der Waals surface area (Å²) in [6, 6.07) is 11.9. The third-order valence-corrected chi connectivity index (χ3v) is 4.12. The number of hydrogen-bond acceptors (Lipinski definition) is 3. The number of hydrogen-bond donors (Lipinski definition) is 0. The van der Waals surface area contributed by atoms with Crippen molar-refractivity contribution in [3.63, 3.8) is 0 Å². The highest BCUT2D eigenvalue weighted by atomic mass is 16.5. The van der Waals surface area contributed by atoms with Gasteiger partial charge in [0.25, 0.3) is 5.91 Å². The van der Waals surface area contributed by atoms with Crippen LogP contribution in [0.5, 0.6) is 5.75 Å². The molecule has 0 saturated heterocycles. The summed E-state index contributed by atoms with van der Waals surface area (Å²) >= 11 is 0. The number of amides is 1. The van der Waals surface area contributed by atoms with E-state index in [4.69, 9.17) is 4.74 Å². The number of rotatable bonds is 3. The molecule has 1 aliphatic rings. The number of fused-ring (bicyclic) bond motifs is 3. The maximum absolute atomic E-state index is 12.6. The minimum absolute atomic E-state index is 0.0170. The van der Waals surface area contributed by atoms with Crippen molar-refractivity contribution >= 4 is 16.7 Å². The van der Waals surface area contributed by atoms with Gasteiger partial charge in [-0.3, -0.25) is 4.79 Å². The molecule has 2 aromatic carbocycles. The third-order valence-electron chi connectivity index (χ3n) is 4.12. The predicted octanol–water partition coefficient (Wildman–Crippen LogP) is 2.62. The van der Waals surface area contributed by atoms with E-state index in [0.717, 1.165) is 29.5 Å². The second-order valence-corrected chi connectivity index (χ2v) is 6.18. The Labute approximate surface area is 131 Å². The van der Waals surface area contributed by atoms with Gasteiger partial charge in [0.15, 0.2) is 0 Å². The molecule has 0 aromatic heterocycles. The van der Waals surface area contributed by atoms with E-state index in [2.05, 4.69) is 19.0 Å². The van der Waals surface area contributed by atoms with Crippen molar-refractivity contribution in [1.82, 2.24) is 9.80 Å². The number of ether oxygens (including phenoxy) is 1. The summed E-state index contributed by atoms with van der Waals surface area (Å²) in [4.78, 5) is 16.5. The van der Waals surface area contributed by atoms with E-state index in [9.17, 15) is 4.79 Å². The average molecular weight is 298 g/mol. The zero-order valence-electron chi connectivity index (χ0n) is 13.4. The van der Waals surface area contributed by atoms with E-state index in [1.807, 2.05) is 43.4 Å². The Hall–Kier alpha value is -2.07. The van der Waals surface area contributed by atoms with E-state index in [1.165, 1.54) is 0 Å². The van der Waals surface area contributed by atoms with Gasteiger partial charge in [0.1, 0.15) is 11.9 Å². The van der Waals surface area contributed by atoms with Gasteiger partial charge in [0.2, 0.25) is 0 Å². The van der Waals surface area contributed by atoms with Crippen molar-refractivity contribution in [2.75, 3.05) is 34.2 Å². The summed E-state index contributed by atoms with van der Waals surface area (Å²) in [5.74, 6) is 0.768. The maximum Gasteiger partial charge on any atom is 0.257 e. The molecule has 0 radical (unpaired) electrons. The number of carbonyl (C=O) groups is 1. The van der Waals surface area contributed by atoms with Crippen LogP contribution < -0.4 is 4.74 Å². The zero-order chi connectivity index (χ0) is 15.7. The van der Waals surface area contributed by atoms with Crippen molar-refractivity contribution in [3.05, 3.63) is 42.0 Å². The van der Waals surface area contributed by atoms with E-state index < -0.39 is 0 Å². The Morgan fingerprint density at radius 2 is 2.00 bits per heavy atom. The van der Waals surface area contributed by atoms with Crippen LogP contribution in [0.15, 0.2) is 36.4 Å². The van der Waals surface area contributed by atoms with Crippen LogP contribution in [0, 0.1) is 0 Å². The van der Waals surface area contributed by atoms with Gasteiger partial charge in [-0.05, 0) is 32.0 Å². The molecule has 0 N–H and O–H groups in total. The topological polar surface area (TPSA) is 32.8 Å². The van der Waals surface area contributed by atoms with Crippen molar-refractivity contribution in [1.29, 1.82) is 0 Å². The summed E-state index contributed by atoms with van der Waals surface area (Å²) in [6.45, 7) is 1.56. The van der Waals surface area contributed by atoms with Gasteiger partial charge in [-0.1, -0.05) is 30.3 Å². The van der Waals surface area contributed by atoms with Gasteiger partial charge in [-0.25, -0.2) is 0 Å². The number of benzene rings is 2. The molecule has 0 aliphatic carbocycles. The van der Waals surface area contributed by atoms with E-state index >= 15 is 0 Å². The first-order valence-corrected chi connectivity index (χ1v) is 7.65.